The summed E-state index contributed by atoms with van der Waals surface area (Å²) < 4.78 is 5.11. The highest BCUT2D eigenvalue weighted by Crippen LogP contribution is 2.22. The highest BCUT2D eigenvalue weighted by molar-refractivity contribution is 5.91. The lowest BCUT2D eigenvalue weighted by Crippen LogP contribution is -2.45. The zero-order chi connectivity index (χ0) is 16.9. The lowest BCUT2D eigenvalue weighted by Gasteiger charge is -2.36. The van der Waals surface area contributed by atoms with Gasteiger partial charge in [0.05, 0.1) is 7.11 Å². The van der Waals surface area contributed by atoms with Gasteiger partial charge in [-0.3, -0.25) is 9.88 Å². The maximum Gasteiger partial charge on any atom is 0.339 e. The van der Waals surface area contributed by atoms with Gasteiger partial charge in [0.1, 0.15) is 11.3 Å². The molecule has 1 aliphatic rings. The number of carbonyl (C=O) groups is 1. The standard InChI is InChI=1S/C18H21N3O3/c1-24-17-3-2-14(12-16(17)18(22)23)13-20-8-10-21(11-9-20)15-4-6-19-7-5-15/h2-7,12H,8-11,13H2,1H3,(H,22,23). The Hall–Kier alpha value is -2.60. The maximum absolute atomic E-state index is 11.3. The number of hydrogen-bond donors (Lipinski definition) is 1. The summed E-state index contributed by atoms with van der Waals surface area (Å²) in [5.74, 6) is -0.565. The van der Waals surface area contributed by atoms with Gasteiger partial charge in [-0.05, 0) is 29.8 Å². The molecule has 1 saturated heterocycles. The van der Waals surface area contributed by atoms with Crippen molar-refractivity contribution in [3.63, 3.8) is 0 Å². The lowest BCUT2D eigenvalue weighted by molar-refractivity contribution is 0.0693. The van der Waals surface area contributed by atoms with Crippen molar-refractivity contribution in [2.45, 2.75) is 6.54 Å². The van der Waals surface area contributed by atoms with Gasteiger partial charge in [-0.15, -0.1) is 0 Å². The molecule has 0 radical (unpaired) electrons. The van der Waals surface area contributed by atoms with Gasteiger partial charge in [-0.1, -0.05) is 6.07 Å². The van der Waals surface area contributed by atoms with E-state index in [0.717, 1.165) is 38.3 Å². The molecule has 1 aliphatic heterocycles. The van der Waals surface area contributed by atoms with Gasteiger partial charge in [-0.2, -0.15) is 0 Å². The Morgan fingerprint density at radius 2 is 1.88 bits per heavy atom. The van der Waals surface area contributed by atoms with E-state index in [9.17, 15) is 9.90 Å². The van der Waals surface area contributed by atoms with E-state index in [2.05, 4.69) is 14.8 Å². The summed E-state index contributed by atoms with van der Waals surface area (Å²) in [6.45, 7) is 4.53. The SMILES string of the molecule is COc1ccc(CN2CCN(c3ccncc3)CC2)cc1C(=O)O. The largest absolute Gasteiger partial charge is 0.496 e. The molecule has 1 N–H and O–H groups in total. The zero-order valence-electron chi connectivity index (χ0n) is 13.7. The number of pyridine rings is 1. The van der Waals surface area contributed by atoms with Crippen LogP contribution in [0.1, 0.15) is 15.9 Å². The normalized spacial score (nSPS) is 15.3. The molecular formula is C18H21N3O3. The molecule has 1 aromatic carbocycles. The molecule has 0 spiro atoms. The molecule has 1 fully saturated rings. The van der Waals surface area contributed by atoms with Crippen LogP contribution in [-0.2, 0) is 6.54 Å². The first kappa shape index (κ1) is 16.3. The zero-order valence-corrected chi connectivity index (χ0v) is 13.7. The number of piperazine rings is 1. The Bertz CT molecular complexity index is 698. The third kappa shape index (κ3) is 3.65. The average molecular weight is 327 g/mol. The molecule has 1 aromatic heterocycles. The number of nitrogens with zero attached hydrogens (tertiary/aromatic N) is 3. The van der Waals surface area contributed by atoms with Crippen LogP contribution in [0.25, 0.3) is 0 Å². The molecule has 0 atom stereocenters. The first-order valence-corrected chi connectivity index (χ1v) is 7.95. The second-order valence-electron chi connectivity index (χ2n) is 5.81. The number of hydrogen-bond acceptors (Lipinski definition) is 5. The van der Waals surface area contributed by atoms with Crippen molar-refractivity contribution in [3.8, 4) is 5.75 Å². The van der Waals surface area contributed by atoms with Gasteiger partial charge in [0.25, 0.3) is 0 Å². The summed E-state index contributed by atoms with van der Waals surface area (Å²) in [6, 6.07) is 9.42. The van der Waals surface area contributed by atoms with Crippen molar-refractivity contribution in [2.24, 2.45) is 0 Å². The summed E-state index contributed by atoms with van der Waals surface area (Å²) in [5, 5.41) is 9.28. The molecule has 3 rings (SSSR count). The van der Waals surface area contributed by atoms with Crippen molar-refractivity contribution in [1.82, 2.24) is 9.88 Å². The number of benzene rings is 1. The Balaban J connectivity index is 1.62. The van der Waals surface area contributed by atoms with Crippen LogP contribution in [0.4, 0.5) is 5.69 Å². The minimum Gasteiger partial charge on any atom is -0.496 e. The van der Waals surface area contributed by atoms with Crippen molar-refractivity contribution in [3.05, 3.63) is 53.9 Å². The first-order valence-electron chi connectivity index (χ1n) is 7.95. The topological polar surface area (TPSA) is 65.9 Å². The number of ether oxygens (including phenoxy) is 1. The van der Waals surface area contributed by atoms with Crippen LogP contribution in [0.5, 0.6) is 5.75 Å². The van der Waals surface area contributed by atoms with Gasteiger partial charge in [-0.25, -0.2) is 4.79 Å². The molecule has 2 heterocycles. The average Bonchev–Trinajstić information content (AvgIpc) is 2.63. The number of carboxylic acid groups (broad SMARTS) is 1. The smallest absolute Gasteiger partial charge is 0.339 e. The predicted molar refractivity (Wildman–Crippen MR) is 91.7 cm³/mol. The monoisotopic (exact) mass is 327 g/mol. The molecule has 6 heteroatoms. The van der Waals surface area contributed by atoms with E-state index in [1.54, 1.807) is 12.1 Å². The minimum absolute atomic E-state index is 0.213. The van der Waals surface area contributed by atoms with Crippen LogP contribution in [-0.4, -0.2) is 54.2 Å². The quantitative estimate of drug-likeness (QED) is 0.907. The fourth-order valence-corrected chi connectivity index (χ4v) is 3.00. The Morgan fingerprint density at radius 1 is 1.17 bits per heavy atom. The molecule has 0 amide bonds. The summed E-state index contributed by atoms with van der Waals surface area (Å²) in [7, 11) is 1.49. The molecular weight excluding hydrogens is 306 g/mol. The molecule has 0 aliphatic carbocycles. The lowest BCUT2D eigenvalue weighted by atomic mass is 10.1. The van der Waals surface area contributed by atoms with E-state index in [4.69, 9.17) is 4.74 Å². The van der Waals surface area contributed by atoms with E-state index in [1.165, 1.54) is 12.8 Å². The van der Waals surface area contributed by atoms with Crippen LogP contribution >= 0.6 is 0 Å². The van der Waals surface area contributed by atoms with Crippen LogP contribution < -0.4 is 9.64 Å². The molecule has 6 nitrogen and oxygen atoms in total. The summed E-state index contributed by atoms with van der Waals surface area (Å²) in [6.07, 6.45) is 3.62. The van der Waals surface area contributed by atoms with Crippen molar-refractivity contribution in [2.75, 3.05) is 38.2 Å². The van der Waals surface area contributed by atoms with Crippen LogP contribution in [0.2, 0.25) is 0 Å². The third-order valence-corrected chi connectivity index (χ3v) is 4.30. The van der Waals surface area contributed by atoms with Gasteiger partial charge < -0.3 is 14.7 Å². The molecule has 24 heavy (non-hydrogen) atoms. The highest BCUT2D eigenvalue weighted by Gasteiger charge is 2.18. The Labute approximate surface area is 141 Å². The number of aromatic nitrogens is 1. The van der Waals surface area contributed by atoms with E-state index in [0.29, 0.717) is 5.75 Å². The number of anilines is 1. The van der Waals surface area contributed by atoms with E-state index >= 15 is 0 Å². The fraction of sp³-hybridized carbons (Fsp3) is 0.333. The van der Waals surface area contributed by atoms with Crippen LogP contribution in [0, 0.1) is 0 Å². The van der Waals surface area contributed by atoms with Gasteiger partial charge in [0.15, 0.2) is 0 Å². The van der Waals surface area contributed by atoms with Crippen molar-refractivity contribution in [1.29, 1.82) is 0 Å². The third-order valence-electron chi connectivity index (χ3n) is 4.30. The summed E-state index contributed by atoms with van der Waals surface area (Å²) >= 11 is 0. The van der Waals surface area contributed by atoms with E-state index in [1.807, 2.05) is 30.6 Å². The second kappa shape index (κ2) is 7.31. The molecule has 126 valence electrons. The summed E-state index contributed by atoms with van der Waals surface area (Å²) in [4.78, 5) is 20.1. The molecule has 2 aromatic rings. The number of aromatic carboxylic acids is 1. The molecule has 0 saturated carbocycles. The van der Waals surface area contributed by atoms with Crippen molar-refractivity contribution < 1.29 is 14.6 Å². The fourth-order valence-electron chi connectivity index (χ4n) is 3.00. The second-order valence-corrected chi connectivity index (χ2v) is 5.81. The number of methoxy groups -OCH3 is 1. The van der Waals surface area contributed by atoms with E-state index < -0.39 is 5.97 Å². The minimum atomic E-state index is -0.962. The maximum atomic E-state index is 11.3. The van der Waals surface area contributed by atoms with Gasteiger partial charge >= 0.3 is 5.97 Å². The van der Waals surface area contributed by atoms with Crippen LogP contribution in [0.3, 0.4) is 0 Å². The van der Waals surface area contributed by atoms with Gasteiger partial charge in [0.2, 0.25) is 0 Å². The highest BCUT2D eigenvalue weighted by atomic mass is 16.5. The molecule has 0 bridgehead atoms. The molecule has 0 unspecified atom stereocenters. The first-order chi connectivity index (χ1) is 11.7. The Morgan fingerprint density at radius 3 is 2.50 bits per heavy atom. The predicted octanol–water partition coefficient (Wildman–Crippen LogP) is 2.11. The number of carboxylic acids is 1. The van der Waals surface area contributed by atoms with E-state index in [-0.39, 0.29) is 5.56 Å². The number of rotatable bonds is 5. The summed E-state index contributed by atoms with van der Waals surface area (Å²) in [5.41, 5.74) is 2.40. The van der Waals surface area contributed by atoms with Crippen molar-refractivity contribution >= 4 is 11.7 Å². The van der Waals surface area contributed by atoms with Gasteiger partial charge in [0, 0.05) is 50.8 Å². The van der Waals surface area contributed by atoms with Crippen LogP contribution in [0.15, 0.2) is 42.7 Å². The Kier molecular flexibility index (Phi) is 4.96.